The number of amides is 2. The van der Waals surface area contributed by atoms with E-state index in [9.17, 15) is 4.79 Å². The molecular weight excluding hydrogens is 314 g/mol. The Morgan fingerprint density at radius 3 is 2.80 bits per heavy atom. The molecule has 136 valence electrons. The molecule has 2 saturated carbocycles. The third kappa shape index (κ3) is 2.84. The Bertz CT molecular complexity index is 636. The molecule has 25 heavy (non-hydrogen) atoms. The predicted molar refractivity (Wildman–Crippen MR) is 95.2 cm³/mol. The number of urea groups is 1. The molecule has 3 fully saturated rings. The highest BCUT2D eigenvalue weighted by molar-refractivity contribution is 5.75. The Hall–Kier alpha value is -1.56. The lowest BCUT2D eigenvalue weighted by Gasteiger charge is -2.41. The number of nitrogens with zero attached hydrogens (tertiary/aromatic N) is 3. The Morgan fingerprint density at radius 1 is 1.16 bits per heavy atom. The van der Waals surface area contributed by atoms with Crippen molar-refractivity contribution in [3.8, 4) is 0 Å². The van der Waals surface area contributed by atoms with E-state index in [0.717, 1.165) is 69.0 Å². The maximum absolute atomic E-state index is 12.7. The molecule has 6 nitrogen and oxygen atoms in total. The summed E-state index contributed by atoms with van der Waals surface area (Å²) in [5.41, 5.74) is 2.37. The van der Waals surface area contributed by atoms with Gasteiger partial charge < -0.3 is 10.2 Å². The van der Waals surface area contributed by atoms with Gasteiger partial charge in [-0.05, 0) is 55.9 Å². The third-order valence-electron chi connectivity index (χ3n) is 7.11. The molecule has 1 aromatic heterocycles. The molecule has 3 aliphatic carbocycles. The number of aromatic amines is 1. The normalized spacial score (nSPS) is 35.0. The van der Waals surface area contributed by atoms with Gasteiger partial charge in [0, 0.05) is 32.2 Å². The van der Waals surface area contributed by atoms with Crippen LogP contribution in [0.2, 0.25) is 0 Å². The molecule has 0 radical (unpaired) electrons. The van der Waals surface area contributed by atoms with Gasteiger partial charge in [0.1, 0.15) is 0 Å². The molecule has 0 aromatic carbocycles. The minimum atomic E-state index is 0.0973. The summed E-state index contributed by atoms with van der Waals surface area (Å²) in [5.74, 6) is 1.93. The quantitative estimate of drug-likeness (QED) is 0.866. The van der Waals surface area contributed by atoms with Crippen molar-refractivity contribution in [2.45, 2.75) is 57.0 Å². The maximum atomic E-state index is 12.7. The molecule has 2 amide bonds. The summed E-state index contributed by atoms with van der Waals surface area (Å²) in [7, 11) is 0. The van der Waals surface area contributed by atoms with Gasteiger partial charge in [-0.15, -0.1) is 0 Å². The van der Waals surface area contributed by atoms with Gasteiger partial charge in [-0.1, -0.05) is 6.42 Å². The number of aromatic nitrogens is 2. The van der Waals surface area contributed by atoms with E-state index in [1.807, 2.05) is 11.1 Å². The number of hydrogen-bond acceptors (Lipinski definition) is 3. The van der Waals surface area contributed by atoms with Gasteiger partial charge in [0.2, 0.25) is 0 Å². The van der Waals surface area contributed by atoms with Crippen LogP contribution in [-0.2, 0) is 6.42 Å². The summed E-state index contributed by atoms with van der Waals surface area (Å²) in [6, 6.07) is 0.997. The monoisotopic (exact) mass is 343 g/mol. The van der Waals surface area contributed by atoms with Gasteiger partial charge in [-0.3, -0.25) is 10.00 Å². The molecule has 0 unspecified atom stereocenters. The summed E-state index contributed by atoms with van der Waals surface area (Å²) in [6.07, 6.45) is 10.9. The van der Waals surface area contributed by atoms with E-state index in [1.54, 1.807) is 0 Å². The topological polar surface area (TPSA) is 64.3 Å². The molecule has 2 N–H and O–H groups in total. The third-order valence-corrected chi connectivity index (χ3v) is 7.11. The molecule has 0 spiro atoms. The fourth-order valence-corrected chi connectivity index (χ4v) is 5.76. The van der Waals surface area contributed by atoms with Crippen LogP contribution >= 0.6 is 0 Å². The van der Waals surface area contributed by atoms with Gasteiger partial charge in [-0.2, -0.15) is 5.10 Å². The van der Waals surface area contributed by atoms with Crippen LogP contribution in [0, 0.1) is 11.8 Å². The smallest absolute Gasteiger partial charge is 0.318 e. The fraction of sp³-hybridized carbons (Fsp3) is 0.789. The lowest BCUT2D eigenvalue weighted by molar-refractivity contribution is 0.0817. The van der Waals surface area contributed by atoms with E-state index in [4.69, 9.17) is 0 Å². The molecule has 4 atom stereocenters. The van der Waals surface area contributed by atoms with Gasteiger partial charge >= 0.3 is 6.03 Å². The minimum Gasteiger partial charge on any atom is -0.330 e. The molecule has 2 bridgehead atoms. The first-order valence-electron chi connectivity index (χ1n) is 10.1. The number of hydrogen-bond donors (Lipinski definition) is 2. The molecule has 2 heterocycles. The van der Waals surface area contributed by atoms with Crippen molar-refractivity contribution in [3.63, 3.8) is 0 Å². The van der Waals surface area contributed by atoms with Crippen molar-refractivity contribution in [2.24, 2.45) is 11.8 Å². The van der Waals surface area contributed by atoms with Crippen LogP contribution in [0.5, 0.6) is 0 Å². The average molecular weight is 343 g/mol. The molecule has 1 saturated heterocycles. The second-order valence-corrected chi connectivity index (χ2v) is 8.47. The second-order valence-electron chi connectivity index (χ2n) is 8.47. The van der Waals surface area contributed by atoms with E-state index < -0.39 is 0 Å². The number of H-pyrrole nitrogens is 1. The first kappa shape index (κ1) is 15.7. The number of aryl methyl sites for hydroxylation is 1. The van der Waals surface area contributed by atoms with Crippen molar-refractivity contribution < 1.29 is 4.79 Å². The Morgan fingerprint density at radius 2 is 2.04 bits per heavy atom. The summed E-state index contributed by atoms with van der Waals surface area (Å²) in [5, 5.41) is 10.5. The molecule has 1 aromatic rings. The lowest BCUT2D eigenvalue weighted by Crippen LogP contribution is -2.55. The first-order chi connectivity index (χ1) is 12.3. The average Bonchev–Trinajstić information content (AvgIpc) is 3.38. The van der Waals surface area contributed by atoms with E-state index >= 15 is 0 Å². The van der Waals surface area contributed by atoms with Crippen LogP contribution in [0.1, 0.15) is 55.8 Å². The predicted octanol–water partition coefficient (Wildman–Crippen LogP) is 2.30. The van der Waals surface area contributed by atoms with Crippen LogP contribution in [0.25, 0.3) is 0 Å². The van der Waals surface area contributed by atoms with Gasteiger partial charge in [0.25, 0.3) is 0 Å². The summed E-state index contributed by atoms with van der Waals surface area (Å²) >= 11 is 0. The molecule has 6 heteroatoms. The van der Waals surface area contributed by atoms with Crippen LogP contribution in [0.3, 0.4) is 0 Å². The zero-order valence-corrected chi connectivity index (χ0v) is 14.9. The molecule has 4 aliphatic rings. The number of fused-ring (bicyclic) bond motifs is 3. The molecule has 1 aliphatic heterocycles. The molecular formula is C19H29N5O. The van der Waals surface area contributed by atoms with E-state index in [-0.39, 0.29) is 12.1 Å². The van der Waals surface area contributed by atoms with Crippen molar-refractivity contribution in [1.82, 2.24) is 25.3 Å². The highest BCUT2D eigenvalue weighted by Gasteiger charge is 2.43. The zero-order chi connectivity index (χ0) is 16.8. The maximum Gasteiger partial charge on any atom is 0.318 e. The number of nitrogens with one attached hydrogen (secondary N) is 2. The zero-order valence-electron chi connectivity index (χ0n) is 14.9. The highest BCUT2D eigenvalue weighted by atomic mass is 16.2. The van der Waals surface area contributed by atoms with Crippen LogP contribution in [-0.4, -0.2) is 58.2 Å². The summed E-state index contributed by atoms with van der Waals surface area (Å²) in [6.45, 7) is 3.81. The van der Waals surface area contributed by atoms with Crippen LogP contribution < -0.4 is 5.32 Å². The summed E-state index contributed by atoms with van der Waals surface area (Å²) in [4.78, 5) is 17.4. The van der Waals surface area contributed by atoms with E-state index in [0.29, 0.717) is 0 Å². The number of piperazine rings is 1. The van der Waals surface area contributed by atoms with E-state index in [2.05, 4.69) is 20.4 Å². The Kier molecular flexibility index (Phi) is 3.95. The van der Waals surface area contributed by atoms with Gasteiger partial charge in [-0.25, -0.2) is 4.79 Å². The Balaban J connectivity index is 1.16. The minimum absolute atomic E-state index is 0.0973. The van der Waals surface area contributed by atoms with Gasteiger partial charge in [0.05, 0.1) is 17.9 Å². The molecule has 5 rings (SSSR count). The number of carbonyl (C=O) groups excluding carboxylic acids is 1. The van der Waals surface area contributed by atoms with Crippen molar-refractivity contribution in [3.05, 3.63) is 17.5 Å². The number of carbonyl (C=O) groups is 1. The standard InChI is InChI=1S/C19H29N5O/c25-19(21-16-3-1-2-15-12-20-22-18(15)16)24-8-6-23(7-9-24)17-11-13-4-5-14(17)10-13/h12-14,16-17H,1-11H2,(H,20,22)(H,21,25)/t13-,14-,16+,17+/m0/s1. The Labute approximate surface area is 149 Å². The highest BCUT2D eigenvalue weighted by Crippen LogP contribution is 2.46. The number of rotatable bonds is 2. The van der Waals surface area contributed by atoms with Crippen LogP contribution in [0.15, 0.2) is 6.20 Å². The SMILES string of the molecule is O=C(N[C@@H]1CCCc2cn[nH]c21)N1CCN([C@@H]2C[C@H]3CC[C@H]2C3)CC1. The summed E-state index contributed by atoms with van der Waals surface area (Å²) < 4.78 is 0. The fourth-order valence-electron chi connectivity index (χ4n) is 5.76. The largest absolute Gasteiger partial charge is 0.330 e. The lowest BCUT2D eigenvalue weighted by atomic mass is 9.93. The van der Waals surface area contributed by atoms with Crippen molar-refractivity contribution >= 4 is 6.03 Å². The van der Waals surface area contributed by atoms with Crippen LogP contribution in [0.4, 0.5) is 4.79 Å². The van der Waals surface area contributed by atoms with Gasteiger partial charge in [0.15, 0.2) is 0 Å². The second kappa shape index (κ2) is 6.31. The first-order valence-corrected chi connectivity index (χ1v) is 10.1. The van der Waals surface area contributed by atoms with Crippen molar-refractivity contribution in [2.75, 3.05) is 26.2 Å². The van der Waals surface area contributed by atoms with E-state index in [1.165, 1.54) is 31.2 Å². The van der Waals surface area contributed by atoms with Crippen molar-refractivity contribution in [1.29, 1.82) is 0 Å².